The molecule has 1 spiro atoms. The quantitative estimate of drug-likeness (QED) is 0.518. The van der Waals surface area contributed by atoms with E-state index in [1.54, 1.807) is 0 Å². The predicted octanol–water partition coefficient (Wildman–Crippen LogP) is 6.21. The van der Waals surface area contributed by atoms with Crippen molar-refractivity contribution in [2.24, 2.45) is 22.7 Å². The number of carbonyl (C=O) groups excluding carboxylic acids is 1. The first kappa shape index (κ1) is 21.5. The van der Waals surface area contributed by atoms with Crippen LogP contribution in [0.5, 0.6) is 0 Å². The Kier molecular flexibility index (Phi) is 6.04. The van der Waals surface area contributed by atoms with E-state index in [1.165, 1.54) is 37.7 Å². The van der Waals surface area contributed by atoms with Gasteiger partial charge in [-0.05, 0) is 72.5 Å². The Bertz CT molecular complexity index is 844. The standard InChI is InChI=1S/C25H33ClN2O2/c1-18(2)15-30-23(29)28-11-10-25(17-28)16-24(25,13-20-4-3-5-20)9-8-19-6-7-21(14-27)22(26)12-19/h6-7,12,18,20H,3-5,8-11,13,15-17H2,1-2H3/t24-,25+/m1/s1. The van der Waals surface area contributed by atoms with Crippen molar-refractivity contribution in [3.63, 3.8) is 0 Å². The number of benzene rings is 1. The molecule has 1 heterocycles. The zero-order valence-electron chi connectivity index (χ0n) is 18.3. The highest BCUT2D eigenvalue weighted by Crippen LogP contribution is 2.73. The first-order valence-electron chi connectivity index (χ1n) is 11.5. The summed E-state index contributed by atoms with van der Waals surface area (Å²) in [6.45, 7) is 6.31. The lowest BCUT2D eigenvalue weighted by Crippen LogP contribution is -2.32. The third-order valence-electron chi connectivity index (χ3n) is 7.78. The van der Waals surface area contributed by atoms with Crippen LogP contribution in [0.2, 0.25) is 5.02 Å². The molecule has 0 aromatic heterocycles. The SMILES string of the molecule is CC(C)COC(=O)N1CC[C@@]2(C1)C[C@@]2(CCc1ccc(C#N)c(Cl)c1)CC1CCC1. The van der Waals surface area contributed by atoms with Crippen LogP contribution in [0.1, 0.15) is 69.9 Å². The minimum atomic E-state index is -0.135. The Labute approximate surface area is 185 Å². The molecule has 0 bridgehead atoms. The summed E-state index contributed by atoms with van der Waals surface area (Å²) >= 11 is 6.26. The molecule has 1 aliphatic heterocycles. The van der Waals surface area contributed by atoms with Crippen molar-refractivity contribution in [3.8, 4) is 6.07 Å². The molecule has 2 saturated carbocycles. The number of likely N-dealkylation sites (tertiary alicyclic amines) is 1. The van der Waals surface area contributed by atoms with E-state index in [-0.39, 0.29) is 11.5 Å². The number of hydrogen-bond donors (Lipinski definition) is 0. The molecule has 4 rings (SSSR count). The molecule has 5 heteroatoms. The normalized spacial score (nSPS) is 27.9. The van der Waals surface area contributed by atoms with Crippen LogP contribution in [0, 0.1) is 34.0 Å². The molecule has 1 saturated heterocycles. The van der Waals surface area contributed by atoms with E-state index < -0.39 is 0 Å². The van der Waals surface area contributed by atoms with Crippen LogP contribution in [0.25, 0.3) is 0 Å². The molecule has 2 aliphatic carbocycles. The molecule has 0 N–H and O–H groups in total. The summed E-state index contributed by atoms with van der Waals surface area (Å²) in [5, 5.41) is 9.66. The number of halogens is 1. The van der Waals surface area contributed by atoms with E-state index in [2.05, 4.69) is 19.9 Å². The van der Waals surface area contributed by atoms with Crippen molar-refractivity contribution in [1.29, 1.82) is 5.26 Å². The largest absolute Gasteiger partial charge is 0.449 e. The second-order valence-corrected chi connectivity index (χ2v) is 10.7. The third kappa shape index (κ3) is 4.19. The monoisotopic (exact) mass is 428 g/mol. The highest BCUT2D eigenvalue weighted by molar-refractivity contribution is 6.31. The molecule has 1 aromatic carbocycles. The average molecular weight is 429 g/mol. The minimum Gasteiger partial charge on any atom is -0.449 e. The number of rotatable bonds is 7. The number of nitrogens with zero attached hydrogens (tertiary/aromatic N) is 2. The molecule has 1 amide bonds. The molecule has 4 nitrogen and oxygen atoms in total. The second-order valence-electron chi connectivity index (χ2n) is 10.3. The Morgan fingerprint density at radius 3 is 2.83 bits per heavy atom. The molecule has 162 valence electrons. The molecule has 1 aromatic rings. The highest BCUT2D eigenvalue weighted by atomic mass is 35.5. The third-order valence-corrected chi connectivity index (χ3v) is 8.09. The van der Waals surface area contributed by atoms with Gasteiger partial charge in [0.1, 0.15) is 6.07 Å². The number of aryl methyl sites for hydroxylation is 1. The van der Waals surface area contributed by atoms with E-state index >= 15 is 0 Å². The number of hydrogen-bond acceptors (Lipinski definition) is 3. The number of ether oxygens (including phenoxy) is 1. The molecular formula is C25H33ClN2O2. The van der Waals surface area contributed by atoms with E-state index in [1.807, 2.05) is 23.1 Å². The topological polar surface area (TPSA) is 53.3 Å². The zero-order chi connectivity index (χ0) is 21.4. The highest BCUT2D eigenvalue weighted by Gasteiger charge is 2.68. The lowest BCUT2D eigenvalue weighted by molar-refractivity contribution is 0.0961. The van der Waals surface area contributed by atoms with Crippen molar-refractivity contribution >= 4 is 17.7 Å². The van der Waals surface area contributed by atoms with Crippen molar-refractivity contribution < 1.29 is 9.53 Å². The number of nitriles is 1. The lowest BCUT2D eigenvalue weighted by Gasteiger charge is -2.33. The van der Waals surface area contributed by atoms with E-state index in [4.69, 9.17) is 21.6 Å². The van der Waals surface area contributed by atoms with Crippen LogP contribution in [0.15, 0.2) is 18.2 Å². The van der Waals surface area contributed by atoms with E-state index in [0.29, 0.717) is 28.5 Å². The minimum absolute atomic E-state index is 0.135. The maximum absolute atomic E-state index is 12.5. The van der Waals surface area contributed by atoms with Gasteiger partial charge in [0.05, 0.1) is 17.2 Å². The van der Waals surface area contributed by atoms with Crippen molar-refractivity contribution in [2.45, 2.75) is 65.2 Å². The van der Waals surface area contributed by atoms with E-state index in [9.17, 15) is 4.79 Å². The molecule has 0 unspecified atom stereocenters. The second kappa shape index (κ2) is 8.42. The van der Waals surface area contributed by atoms with Gasteiger partial charge in [-0.3, -0.25) is 0 Å². The van der Waals surface area contributed by atoms with Crippen molar-refractivity contribution in [2.75, 3.05) is 19.7 Å². The van der Waals surface area contributed by atoms with Crippen molar-refractivity contribution in [1.82, 2.24) is 4.90 Å². The van der Waals surface area contributed by atoms with Gasteiger partial charge < -0.3 is 9.64 Å². The summed E-state index contributed by atoms with van der Waals surface area (Å²) in [5.41, 5.74) is 2.36. The maximum Gasteiger partial charge on any atom is 0.409 e. The Hall–Kier alpha value is -1.73. The maximum atomic E-state index is 12.5. The zero-order valence-corrected chi connectivity index (χ0v) is 19.0. The van der Waals surface area contributed by atoms with Gasteiger partial charge in [0.15, 0.2) is 0 Å². The molecule has 3 fully saturated rings. The fraction of sp³-hybridized carbons (Fsp3) is 0.680. The van der Waals surface area contributed by atoms with Gasteiger partial charge in [0.25, 0.3) is 0 Å². The Morgan fingerprint density at radius 2 is 2.20 bits per heavy atom. The summed E-state index contributed by atoms with van der Waals surface area (Å²) < 4.78 is 5.50. The Balaban J connectivity index is 1.42. The first-order valence-corrected chi connectivity index (χ1v) is 11.8. The van der Waals surface area contributed by atoms with Crippen LogP contribution >= 0.6 is 11.6 Å². The van der Waals surface area contributed by atoms with Crippen LogP contribution in [0.3, 0.4) is 0 Å². The van der Waals surface area contributed by atoms with Crippen molar-refractivity contribution in [3.05, 3.63) is 34.3 Å². The van der Waals surface area contributed by atoms with Gasteiger partial charge in [-0.1, -0.05) is 50.8 Å². The molecule has 0 radical (unpaired) electrons. The van der Waals surface area contributed by atoms with Gasteiger partial charge in [0, 0.05) is 13.1 Å². The predicted molar refractivity (Wildman–Crippen MR) is 118 cm³/mol. The first-order chi connectivity index (χ1) is 14.4. The number of amides is 1. The number of carbonyl (C=O) groups is 1. The van der Waals surface area contributed by atoms with Crippen LogP contribution in [-0.2, 0) is 11.2 Å². The summed E-state index contributed by atoms with van der Waals surface area (Å²) in [6.07, 6.45) is 9.71. The van der Waals surface area contributed by atoms with Crippen LogP contribution < -0.4 is 0 Å². The van der Waals surface area contributed by atoms with Gasteiger partial charge in [-0.2, -0.15) is 5.26 Å². The summed E-state index contributed by atoms with van der Waals surface area (Å²) in [5.74, 6) is 1.22. The van der Waals surface area contributed by atoms with Gasteiger partial charge in [-0.25, -0.2) is 4.79 Å². The van der Waals surface area contributed by atoms with E-state index in [0.717, 1.165) is 38.3 Å². The van der Waals surface area contributed by atoms with Crippen LogP contribution in [0.4, 0.5) is 4.79 Å². The molecule has 3 aliphatic rings. The fourth-order valence-corrected chi connectivity index (χ4v) is 5.97. The summed E-state index contributed by atoms with van der Waals surface area (Å²) in [7, 11) is 0. The summed E-state index contributed by atoms with van der Waals surface area (Å²) in [4.78, 5) is 14.5. The molecule has 2 atom stereocenters. The molecule has 30 heavy (non-hydrogen) atoms. The lowest BCUT2D eigenvalue weighted by atomic mass is 9.73. The average Bonchev–Trinajstić information content (AvgIpc) is 3.06. The fourth-order valence-electron chi connectivity index (χ4n) is 5.72. The van der Waals surface area contributed by atoms with Gasteiger partial charge in [0.2, 0.25) is 0 Å². The summed E-state index contributed by atoms with van der Waals surface area (Å²) in [6, 6.07) is 7.97. The van der Waals surface area contributed by atoms with Crippen LogP contribution in [-0.4, -0.2) is 30.7 Å². The van der Waals surface area contributed by atoms with Gasteiger partial charge >= 0.3 is 6.09 Å². The Morgan fingerprint density at radius 1 is 1.40 bits per heavy atom. The van der Waals surface area contributed by atoms with Gasteiger partial charge in [-0.15, -0.1) is 0 Å². The molecular weight excluding hydrogens is 396 g/mol. The smallest absolute Gasteiger partial charge is 0.409 e.